The monoisotopic (exact) mass is 356 g/mol. The molecule has 8 nitrogen and oxygen atoms in total. The summed E-state index contributed by atoms with van der Waals surface area (Å²) in [6.45, 7) is -0.169. The Hall–Kier alpha value is -3.42. The molecule has 26 heavy (non-hydrogen) atoms. The van der Waals surface area contributed by atoms with E-state index in [0.717, 1.165) is 0 Å². The average Bonchev–Trinajstić information content (AvgIpc) is 3.15. The number of nitrogens with zero attached hydrogens (tertiary/aromatic N) is 2. The quantitative estimate of drug-likeness (QED) is 0.762. The highest BCUT2D eigenvalue weighted by molar-refractivity contribution is 6.38. The van der Waals surface area contributed by atoms with Crippen molar-refractivity contribution in [3.8, 4) is 0 Å². The van der Waals surface area contributed by atoms with Crippen LogP contribution in [0.15, 0.2) is 52.2 Å². The van der Waals surface area contributed by atoms with Crippen molar-refractivity contribution < 1.29 is 28.3 Å². The third-order valence-corrected chi connectivity index (χ3v) is 3.75. The molecule has 2 heterocycles. The van der Waals surface area contributed by atoms with Gasteiger partial charge in [-0.05, 0) is 18.2 Å². The fraction of sp³-hybridized carbons (Fsp3) is 0.222. The van der Waals surface area contributed by atoms with E-state index in [9.17, 15) is 14.4 Å². The van der Waals surface area contributed by atoms with Crippen LogP contribution >= 0.6 is 0 Å². The van der Waals surface area contributed by atoms with E-state index in [1.807, 2.05) is 6.07 Å². The van der Waals surface area contributed by atoms with Crippen LogP contribution in [-0.4, -0.2) is 30.7 Å². The predicted octanol–water partition coefficient (Wildman–Crippen LogP) is 2.29. The number of para-hydroxylation sites is 1. The highest BCUT2D eigenvalue weighted by Gasteiger charge is 2.27. The summed E-state index contributed by atoms with van der Waals surface area (Å²) in [7, 11) is 1.23. The van der Waals surface area contributed by atoms with Crippen LogP contribution < -0.4 is 5.01 Å². The molecule has 0 atom stereocenters. The smallest absolute Gasteiger partial charge is 0.374 e. The number of esters is 2. The number of hydrazone groups is 1. The number of furan rings is 1. The summed E-state index contributed by atoms with van der Waals surface area (Å²) < 4.78 is 14.8. The molecule has 0 spiro atoms. The summed E-state index contributed by atoms with van der Waals surface area (Å²) in [5, 5.41) is 5.31. The summed E-state index contributed by atoms with van der Waals surface area (Å²) in [5.74, 6) is -1.53. The van der Waals surface area contributed by atoms with Gasteiger partial charge in [0.15, 0.2) is 0 Å². The molecule has 2 aromatic rings. The van der Waals surface area contributed by atoms with E-state index in [4.69, 9.17) is 9.15 Å². The molecule has 1 aromatic heterocycles. The molecule has 0 unspecified atom stereocenters. The number of methoxy groups -OCH3 is 1. The topological polar surface area (TPSA) is 98.4 Å². The second-order valence-corrected chi connectivity index (χ2v) is 5.43. The molecule has 1 aliphatic heterocycles. The second kappa shape index (κ2) is 7.64. The lowest BCUT2D eigenvalue weighted by atomic mass is 10.1. The van der Waals surface area contributed by atoms with Crippen LogP contribution in [0.1, 0.15) is 29.0 Å². The van der Waals surface area contributed by atoms with Gasteiger partial charge in [-0.25, -0.2) is 14.6 Å². The van der Waals surface area contributed by atoms with Gasteiger partial charge in [-0.2, -0.15) is 5.10 Å². The van der Waals surface area contributed by atoms with E-state index >= 15 is 0 Å². The number of hydrogen-bond donors (Lipinski definition) is 0. The Morgan fingerprint density at radius 2 is 1.92 bits per heavy atom. The molecule has 0 saturated heterocycles. The number of rotatable bonds is 5. The molecule has 134 valence electrons. The van der Waals surface area contributed by atoms with Gasteiger partial charge in [0.2, 0.25) is 11.7 Å². The minimum Gasteiger partial charge on any atom is -0.463 e. The van der Waals surface area contributed by atoms with Crippen molar-refractivity contribution in [2.75, 3.05) is 12.1 Å². The highest BCUT2D eigenvalue weighted by atomic mass is 16.5. The van der Waals surface area contributed by atoms with Gasteiger partial charge in [0.25, 0.3) is 0 Å². The molecule has 8 heteroatoms. The second-order valence-electron chi connectivity index (χ2n) is 5.43. The molecule has 0 radical (unpaired) electrons. The molecule has 1 amide bonds. The summed E-state index contributed by atoms with van der Waals surface area (Å²) in [6.07, 6.45) is 1.65. The third kappa shape index (κ3) is 3.64. The van der Waals surface area contributed by atoms with Crippen LogP contribution in [0, 0.1) is 0 Å². The molecule has 0 saturated carbocycles. The molecule has 0 bridgehead atoms. The molecular formula is C18H16N2O6. The van der Waals surface area contributed by atoms with Crippen molar-refractivity contribution in [1.82, 2.24) is 0 Å². The fourth-order valence-electron chi connectivity index (χ4n) is 2.42. The molecule has 0 fully saturated rings. The lowest BCUT2D eigenvalue weighted by Crippen LogP contribution is -2.34. The van der Waals surface area contributed by atoms with E-state index in [1.54, 1.807) is 24.3 Å². The summed E-state index contributed by atoms with van der Waals surface area (Å²) in [4.78, 5) is 35.9. The maximum Gasteiger partial charge on any atom is 0.374 e. The van der Waals surface area contributed by atoms with Crippen molar-refractivity contribution in [1.29, 1.82) is 0 Å². The minimum absolute atomic E-state index is 0.0213. The average molecular weight is 356 g/mol. The van der Waals surface area contributed by atoms with Crippen LogP contribution in [0.25, 0.3) is 0 Å². The van der Waals surface area contributed by atoms with Crippen molar-refractivity contribution in [2.24, 2.45) is 5.10 Å². The van der Waals surface area contributed by atoms with Gasteiger partial charge >= 0.3 is 11.9 Å². The van der Waals surface area contributed by atoms with Crippen LogP contribution in [0.2, 0.25) is 0 Å². The molecular weight excluding hydrogens is 340 g/mol. The van der Waals surface area contributed by atoms with Crippen molar-refractivity contribution in [3.05, 3.63) is 54.0 Å². The van der Waals surface area contributed by atoms with Crippen LogP contribution in [0.4, 0.5) is 5.69 Å². The predicted molar refractivity (Wildman–Crippen MR) is 90.4 cm³/mol. The molecule has 1 aromatic carbocycles. The van der Waals surface area contributed by atoms with E-state index in [-0.39, 0.29) is 36.8 Å². The first-order valence-electron chi connectivity index (χ1n) is 7.87. The number of carbonyl (C=O) groups is 3. The van der Waals surface area contributed by atoms with Crippen molar-refractivity contribution in [2.45, 2.75) is 19.4 Å². The van der Waals surface area contributed by atoms with Crippen molar-refractivity contribution in [3.63, 3.8) is 0 Å². The molecule has 1 aliphatic rings. The van der Waals surface area contributed by atoms with E-state index in [2.05, 4.69) is 9.84 Å². The van der Waals surface area contributed by atoms with Crippen molar-refractivity contribution >= 4 is 29.2 Å². The Morgan fingerprint density at radius 3 is 2.65 bits per heavy atom. The Balaban J connectivity index is 1.71. The Morgan fingerprint density at radius 1 is 1.15 bits per heavy atom. The van der Waals surface area contributed by atoms with Gasteiger partial charge in [0.05, 0.1) is 19.1 Å². The summed E-state index contributed by atoms with van der Waals surface area (Å²) in [6, 6.07) is 10.3. The zero-order chi connectivity index (χ0) is 18.5. The fourth-order valence-corrected chi connectivity index (χ4v) is 2.42. The van der Waals surface area contributed by atoms with Crippen LogP contribution in [0.5, 0.6) is 0 Å². The number of carbonyl (C=O) groups excluding carboxylic acids is 3. The van der Waals surface area contributed by atoms with Gasteiger partial charge in [-0.3, -0.25) is 4.79 Å². The van der Waals surface area contributed by atoms with Gasteiger partial charge in [0.1, 0.15) is 12.3 Å². The zero-order valence-corrected chi connectivity index (χ0v) is 14.0. The zero-order valence-electron chi connectivity index (χ0n) is 14.0. The molecule has 3 rings (SSSR count). The van der Waals surface area contributed by atoms with Crippen LogP contribution in [0.3, 0.4) is 0 Å². The van der Waals surface area contributed by atoms with E-state index < -0.39 is 11.9 Å². The summed E-state index contributed by atoms with van der Waals surface area (Å²) >= 11 is 0. The van der Waals surface area contributed by atoms with Gasteiger partial charge in [0, 0.05) is 18.4 Å². The maximum atomic E-state index is 12.3. The Bertz CT molecular complexity index is 856. The first-order chi connectivity index (χ1) is 12.6. The maximum absolute atomic E-state index is 12.3. The number of benzene rings is 1. The summed E-state index contributed by atoms with van der Waals surface area (Å²) in [5.41, 5.74) is 1.10. The van der Waals surface area contributed by atoms with E-state index in [0.29, 0.717) is 11.3 Å². The number of hydrogen-bond acceptors (Lipinski definition) is 7. The molecule has 0 aliphatic carbocycles. The standard InChI is InChI=1S/C18H16N2O6/c1-24-18(23)16-12(9-10-25-16)11-26-17(22)14-7-8-15(21)20(19-14)13-5-3-2-4-6-13/h2-6,9-10H,7-8,11H2,1H3. The largest absolute Gasteiger partial charge is 0.463 e. The lowest BCUT2D eigenvalue weighted by Gasteiger charge is -2.22. The Kier molecular flexibility index (Phi) is 5.12. The van der Waals surface area contributed by atoms with Gasteiger partial charge in [-0.1, -0.05) is 18.2 Å². The van der Waals surface area contributed by atoms with Gasteiger partial charge < -0.3 is 13.9 Å². The SMILES string of the molecule is COC(=O)c1occc1COC(=O)C1=NN(c2ccccc2)C(=O)CC1. The Labute approximate surface area is 149 Å². The third-order valence-electron chi connectivity index (χ3n) is 3.75. The minimum atomic E-state index is -0.657. The highest BCUT2D eigenvalue weighted by Crippen LogP contribution is 2.20. The number of amides is 1. The first-order valence-corrected chi connectivity index (χ1v) is 7.87. The first kappa shape index (κ1) is 17.4. The van der Waals surface area contributed by atoms with Gasteiger partial charge in [-0.15, -0.1) is 0 Å². The number of anilines is 1. The van der Waals surface area contributed by atoms with Crippen LogP contribution in [-0.2, 0) is 25.7 Å². The van der Waals surface area contributed by atoms with E-state index in [1.165, 1.54) is 24.4 Å². The normalized spacial score (nSPS) is 14.0. The molecule has 0 N–H and O–H groups in total. The lowest BCUT2D eigenvalue weighted by molar-refractivity contribution is -0.137. The number of ether oxygens (including phenoxy) is 2.